The molecule has 0 fully saturated rings. The van der Waals surface area contributed by atoms with Gasteiger partial charge in [0.1, 0.15) is 6.10 Å². The summed E-state index contributed by atoms with van der Waals surface area (Å²) < 4.78 is 10.4. The van der Waals surface area contributed by atoms with Crippen LogP contribution in [0, 0.1) is 0 Å². The van der Waals surface area contributed by atoms with Crippen molar-refractivity contribution in [1.29, 1.82) is 0 Å². The molecule has 0 saturated heterocycles. The van der Waals surface area contributed by atoms with Crippen LogP contribution in [0.1, 0.15) is 22.0 Å². The molecule has 3 rings (SSSR count). The number of rotatable bonds is 3. The molecule has 0 aromatic heterocycles. The third kappa shape index (κ3) is 2.24. The van der Waals surface area contributed by atoms with Crippen molar-refractivity contribution in [1.82, 2.24) is 0 Å². The van der Waals surface area contributed by atoms with Gasteiger partial charge in [0.05, 0.1) is 5.02 Å². The molecule has 1 aliphatic heterocycles. The summed E-state index contributed by atoms with van der Waals surface area (Å²) in [6.45, 7) is 0.146. The highest BCUT2D eigenvalue weighted by molar-refractivity contribution is 6.34. The molecule has 0 bridgehead atoms. The highest BCUT2D eigenvalue weighted by atomic mass is 35.5. The average molecular weight is 291 g/mol. The Morgan fingerprint density at radius 1 is 1.15 bits per heavy atom. The predicted molar refractivity (Wildman–Crippen MR) is 73.3 cm³/mol. The summed E-state index contributed by atoms with van der Waals surface area (Å²) in [6.07, 6.45) is -1.29. The van der Waals surface area contributed by atoms with E-state index in [1.54, 1.807) is 42.5 Å². The van der Waals surface area contributed by atoms with Crippen molar-refractivity contribution < 1.29 is 19.4 Å². The fourth-order valence-corrected chi connectivity index (χ4v) is 2.27. The zero-order valence-electron chi connectivity index (χ0n) is 10.4. The van der Waals surface area contributed by atoms with Gasteiger partial charge in [0.25, 0.3) is 0 Å². The third-order valence-electron chi connectivity index (χ3n) is 3.10. The lowest BCUT2D eigenvalue weighted by Gasteiger charge is -2.11. The number of fused-ring (bicyclic) bond motifs is 1. The Bertz CT molecular complexity index is 669. The molecular formula is C15H11ClO4. The van der Waals surface area contributed by atoms with Gasteiger partial charge in [0, 0.05) is 5.56 Å². The smallest absolute Gasteiger partial charge is 0.231 e. The zero-order valence-corrected chi connectivity index (χ0v) is 11.1. The van der Waals surface area contributed by atoms with Crippen molar-refractivity contribution >= 4 is 17.4 Å². The summed E-state index contributed by atoms with van der Waals surface area (Å²) >= 11 is 5.97. The van der Waals surface area contributed by atoms with Crippen LogP contribution < -0.4 is 9.47 Å². The van der Waals surface area contributed by atoms with E-state index in [2.05, 4.69) is 0 Å². The van der Waals surface area contributed by atoms with E-state index in [1.165, 1.54) is 0 Å². The average Bonchev–Trinajstić information content (AvgIpc) is 2.93. The minimum absolute atomic E-state index is 0.146. The highest BCUT2D eigenvalue weighted by Crippen LogP contribution is 2.35. The Labute approximate surface area is 120 Å². The minimum atomic E-state index is -1.29. The lowest BCUT2D eigenvalue weighted by Crippen LogP contribution is -2.12. The molecule has 1 unspecified atom stereocenters. The zero-order chi connectivity index (χ0) is 14.1. The topological polar surface area (TPSA) is 55.8 Å². The molecule has 0 aliphatic carbocycles. The number of ketones is 1. The predicted octanol–water partition coefficient (Wildman–Crippen LogP) is 2.99. The maximum Gasteiger partial charge on any atom is 0.231 e. The van der Waals surface area contributed by atoms with Crippen molar-refractivity contribution in [3.63, 3.8) is 0 Å². The first-order valence-electron chi connectivity index (χ1n) is 6.03. The molecule has 0 saturated carbocycles. The van der Waals surface area contributed by atoms with Crippen molar-refractivity contribution in [3.8, 4) is 11.5 Å². The lowest BCUT2D eigenvalue weighted by atomic mass is 9.99. The number of halogens is 1. The number of ether oxygens (including phenoxy) is 2. The van der Waals surface area contributed by atoms with Crippen LogP contribution >= 0.6 is 11.6 Å². The summed E-state index contributed by atoms with van der Waals surface area (Å²) in [5, 5.41) is 10.5. The molecular weight excluding hydrogens is 280 g/mol. The quantitative estimate of drug-likeness (QED) is 0.883. The number of carbonyl (C=O) groups excluding carboxylic acids is 1. The van der Waals surface area contributed by atoms with E-state index < -0.39 is 11.9 Å². The summed E-state index contributed by atoms with van der Waals surface area (Å²) in [6, 6.07) is 11.5. The lowest BCUT2D eigenvalue weighted by molar-refractivity contribution is 0.0747. The first kappa shape index (κ1) is 13.0. The maximum absolute atomic E-state index is 12.3. The first-order chi connectivity index (χ1) is 9.66. The summed E-state index contributed by atoms with van der Waals surface area (Å²) in [5.74, 6) is 0.675. The number of aliphatic hydroxyl groups is 1. The molecule has 1 atom stereocenters. The Hall–Kier alpha value is -2.04. The fourth-order valence-electron chi connectivity index (χ4n) is 2.04. The number of carbonyl (C=O) groups is 1. The number of hydrogen-bond donors (Lipinski definition) is 1. The summed E-state index contributed by atoms with van der Waals surface area (Å²) in [4.78, 5) is 12.3. The van der Waals surface area contributed by atoms with E-state index in [-0.39, 0.29) is 6.79 Å². The number of aliphatic hydroxyl groups excluding tert-OH is 1. The van der Waals surface area contributed by atoms with Gasteiger partial charge < -0.3 is 14.6 Å². The second-order valence-corrected chi connectivity index (χ2v) is 4.77. The van der Waals surface area contributed by atoms with Crippen LogP contribution in [0.25, 0.3) is 0 Å². The molecule has 5 heteroatoms. The van der Waals surface area contributed by atoms with Gasteiger partial charge in [-0.3, -0.25) is 4.79 Å². The molecule has 102 valence electrons. The summed E-state index contributed by atoms with van der Waals surface area (Å²) in [7, 11) is 0. The van der Waals surface area contributed by atoms with Crippen LogP contribution in [0.4, 0.5) is 0 Å². The SMILES string of the molecule is O=C(c1ccccc1Cl)C(O)c1ccc2c(c1)OCO2. The number of Topliss-reactive ketones (excluding diaryl/α,β-unsaturated/α-hetero) is 1. The molecule has 4 nitrogen and oxygen atoms in total. The van der Waals surface area contributed by atoms with Crippen molar-refractivity contribution in [3.05, 3.63) is 58.6 Å². The molecule has 20 heavy (non-hydrogen) atoms. The van der Waals surface area contributed by atoms with Crippen LogP contribution in [0.2, 0.25) is 5.02 Å². The van der Waals surface area contributed by atoms with E-state index in [4.69, 9.17) is 21.1 Å². The van der Waals surface area contributed by atoms with Crippen LogP contribution in [0.5, 0.6) is 11.5 Å². The van der Waals surface area contributed by atoms with Gasteiger partial charge >= 0.3 is 0 Å². The van der Waals surface area contributed by atoms with Gasteiger partial charge in [-0.1, -0.05) is 29.8 Å². The highest BCUT2D eigenvalue weighted by Gasteiger charge is 2.23. The molecule has 0 spiro atoms. The van der Waals surface area contributed by atoms with Crippen molar-refractivity contribution in [2.24, 2.45) is 0 Å². The minimum Gasteiger partial charge on any atom is -0.454 e. The maximum atomic E-state index is 12.3. The Morgan fingerprint density at radius 2 is 1.90 bits per heavy atom. The van der Waals surface area contributed by atoms with E-state index in [0.29, 0.717) is 27.6 Å². The number of hydrogen-bond acceptors (Lipinski definition) is 4. The monoisotopic (exact) mass is 290 g/mol. The van der Waals surface area contributed by atoms with E-state index in [1.807, 2.05) is 0 Å². The second-order valence-electron chi connectivity index (χ2n) is 4.36. The molecule has 1 heterocycles. The molecule has 2 aromatic carbocycles. The van der Waals surface area contributed by atoms with Crippen LogP contribution in [-0.2, 0) is 0 Å². The normalized spacial score (nSPS) is 14.1. The third-order valence-corrected chi connectivity index (χ3v) is 3.43. The van der Waals surface area contributed by atoms with Crippen LogP contribution in [-0.4, -0.2) is 17.7 Å². The molecule has 1 aliphatic rings. The second kappa shape index (κ2) is 5.15. The van der Waals surface area contributed by atoms with Crippen LogP contribution in [0.15, 0.2) is 42.5 Å². The molecule has 2 aromatic rings. The van der Waals surface area contributed by atoms with E-state index >= 15 is 0 Å². The van der Waals surface area contributed by atoms with Gasteiger partial charge in [-0.25, -0.2) is 0 Å². The first-order valence-corrected chi connectivity index (χ1v) is 6.41. The molecule has 0 radical (unpaired) electrons. The van der Waals surface area contributed by atoms with Crippen molar-refractivity contribution in [2.45, 2.75) is 6.10 Å². The fraction of sp³-hybridized carbons (Fsp3) is 0.133. The standard InChI is InChI=1S/C15H11ClO4/c16-11-4-2-1-3-10(11)15(18)14(17)9-5-6-12-13(7-9)20-8-19-12/h1-7,14,17H,8H2. The van der Waals surface area contributed by atoms with Gasteiger partial charge in [-0.15, -0.1) is 0 Å². The van der Waals surface area contributed by atoms with E-state index in [0.717, 1.165) is 0 Å². The van der Waals surface area contributed by atoms with Crippen molar-refractivity contribution in [2.75, 3.05) is 6.79 Å². The largest absolute Gasteiger partial charge is 0.454 e. The summed E-state index contributed by atoms with van der Waals surface area (Å²) in [5.41, 5.74) is 0.735. The van der Waals surface area contributed by atoms with Gasteiger partial charge in [0.2, 0.25) is 6.79 Å². The van der Waals surface area contributed by atoms with Gasteiger partial charge in [-0.05, 0) is 29.8 Å². The van der Waals surface area contributed by atoms with Crippen LogP contribution in [0.3, 0.4) is 0 Å². The van der Waals surface area contributed by atoms with Gasteiger partial charge in [0.15, 0.2) is 17.3 Å². The Morgan fingerprint density at radius 3 is 2.70 bits per heavy atom. The molecule has 0 amide bonds. The Balaban J connectivity index is 1.91. The van der Waals surface area contributed by atoms with Gasteiger partial charge in [-0.2, -0.15) is 0 Å². The Kier molecular flexibility index (Phi) is 3.34. The van der Waals surface area contributed by atoms with E-state index in [9.17, 15) is 9.90 Å². The number of benzene rings is 2. The molecule has 1 N–H and O–H groups in total.